The molecule has 2 aliphatic heterocycles. The van der Waals surface area contributed by atoms with Gasteiger partial charge in [0, 0.05) is 0 Å². The number of rotatable bonds is 15. The van der Waals surface area contributed by atoms with E-state index in [1.54, 1.807) is 0 Å². The summed E-state index contributed by atoms with van der Waals surface area (Å²) in [5, 5.41) is 0. The van der Waals surface area contributed by atoms with E-state index >= 15 is 0 Å². The Morgan fingerprint density at radius 2 is 0.851 bits per heavy atom. The Kier molecular flexibility index (Phi) is 11.8. The van der Waals surface area contributed by atoms with Crippen molar-refractivity contribution >= 4 is 25.2 Å². The van der Waals surface area contributed by atoms with Crippen LogP contribution in [-0.4, -0.2) is 36.6 Å². The molecule has 258 valence electrons. The maximum Gasteiger partial charge on any atom is 0.494 e. The third kappa shape index (κ3) is 8.59. The SMILES string of the molecule is CCCCCCCCCCCCCCC1Cc2cc(B3OC(C)(C)C(C)(C)O3)ccc2-c2ccc(B3OC(C)(C)C(C)(C)O3)cc2C1. The summed E-state index contributed by atoms with van der Waals surface area (Å²) in [6.07, 6.45) is 20.1. The molecule has 2 saturated heterocycles. The summed E-state index contributed by atoms with van der Waals surface area (Å²) >= 11 is 0. The number of hydrogen-bond acceptors (Lipinski definition) is 4. The first-order valence-electron chi connectivity index (χ1n) is 19.2. The molecule has 0 atom stereocenters. The quantitative estimate of drug-likeness (QED) is 0.143. The largest absolute Gasteiger partial charge is 0.494 e. The summed E-state index contributed by atoms with van der Waals surface area (Å²) in [6, 6.07) is 13.8. The normalized spacial score (nSPS) is 21.1. The lowest BCUT2D eigenvalue weighted by Crippen LogP contribution is -2.41. The van der Waals surface area contributed by atoms with Crippen LogP contribution in [0, 0.1) is 5.92 Å². The molecule has 1 aliphatic carbocycles. The van der Waals surface area contributed by atoms with Crippen LogP contribution >= 0.6 is 0 Å². The zero-order valence-corrected chi connectivity index (χ0v) is 31.4. The fraction of sp³-hybridized carbons (Fsp3) is 0.707. The molecular weight excluding hydrogens is 578 g/mol. The van der Waals surface area contributed by atoms with Crippen LogP contribution in [0.1, 0.15) is 157 Å². The fourth-order valence-electron chi connectivity index (χ4n) is 7.51. The molecule has 0 spiro atoms. The van der Waals surface area contributed by atoms with Gasteiger partial charge in [-0.2, -0.15) is 0 Å². The van der Waals surface area contributed by atoms with Gasteiger partial charge in [0.05, 0.1) is 22.4 Å². The highest BCUT2D eigenvalue weighted by molar-refractivity contribution is 6.62. The van der Waals surface area contributed by atoms with Crippen molar-refractivity contribution in [3.05, 3.63) is 47.5 Å². The van der Waals surface area contributed by atoms with Gasteiger partial charge in [0.1, 0.15) is 0 Å². The van der Waals surface area contributed by atoms with E-state index < -0.39 is 0 Å². The van der Waals surface area contributed by atoms with Gasteiger partial charge in [-0.15, -0.1) is 0 Å². The highest BCUT2D eigenvalue weighted by Crippen LogP contribution is 2.40. The standard InChI is InChI=1S/C41H64B2O4/c1-10-11-12-13-14-15-16-17-18-19-20-21-22-31-27-32-29-34(42-44-38(2,3)39(4,5)45-42)23-25-36(32)37-26-24-35(30-33(37)28-31)43-46-40(6,7)41(8,9)47-43/h23-26,29-31H,10-22,27-28H2,1-9H3. The van der Waals surface area contributed by atoms with Crippen LogP contribution in [0.15, 0.2) is 36.4 Å². The summed E-state index contributed by atoms with van der Waals surface area (Å²) in [6.45, 7) is 19.4. The third-order valence-electron chi connectivity index (χ3n) is 12.1. The van der Waals surface area contributed by atoms with Crippen molar-refractivity contribution in [3.63, 3.8) is 0 Å². The smallest absolute Gasteiger partial charge is 0.399 e. The van der Waals surface area contributed by atoms with Gasteiger partial charge in [-0.3, -0.25) is 0 Å². The Morgan fingerprint density at radius 3 is 1.21 bits per heavy atom. The Labute approximate surface area is 288 Å². The first-order valence-corrected chi connectivity index (χ1v) is 19.2. The Balaban J connectivity index is 1.27. The van der Waals surface area contributed by atoms with Gasteiger partial charge in [-0.05, 0) is 114 Å². The maximum absolute atomic E-state index is 6.47. The first kappa shape index (κ1) is 36.7. The molecule has 0 amide bonds. The second-order valence-electron chi connectivity index (χ2n) is 17.0. The lowest BCUT2D eigenvalue weighted by molar-refractivity contribution is 0.00578. The van der Waals surface area contributed by atoms with Crippen molar-refractivity contribution in [1.82, 2.24) is 0 Å². The van der Waals surface area contributed by atoms with Gasteiger partial charge < -0.3 is 18.6 Å². The monoisotopic (exact) mass is 642 g/mol. The van der Waals surface area contributed by atoms with Crippen LogP contribution in [-0.2, 0) is 31.5 Å². The van der Waals surface area contributed by atoms with E-state index in [2.05, 4.69) is 98.7 Å². The van der Waals surface area contributed by atoms with E-state index in [4.69, 9.17) is 18.6 Å². The number of unbranched alkanes of at least 4 members (excludes halogenated alkanes) is 11. The van der Waals surface area contributed by atoms with Gasteiger partial charge in [-0.25, -0.2) is 0 Å². The van der Waals surface area contributed by atoms with E-state index in [0.29, 0.717) is 5.92 Å². The zero-order chi connectivity index (χ0) is 33.9. The van der Waals surface area contributed by atoms with Crippen LogP contribution in [0.2, 0.25) is 0 Å². The summed E-state index contributed by atoms with van der Waals surface area (Å²) in [5.41, 5.74) is 6.39. The molecule has 2 fully saturated rings. The Hall–Kier alpha value is -1.59. The van der Waals surface area contributed by atoms with E-state index in [0.717, 1.165) is 23.8 Å². The molecule has 4 nitrogen and oxygen atoms in total. The van der Waals surface area contributed by atoms with Crippen LogP contribution in [0.4, 0.5) is 0 Å². The van der Waals surface area contributed by atoms with Gasteiger partial charge >= 0.3 is 14.2 Å². The predicted molar refractivity (Wildman–Crippen MR) is 200 cm³/mol. The molecular formula is C41H64B2O4. The topological polar surface area (TPSA) is 36.9 Å². The van der Waals surface area contributed by atoms with Gasteiger partial charge in [0.2, 0.25) is 0 Å². The summed E-state index contributed by atoms with van der Waals surface area (Å²) < 4.78 is 25.9. The minimum atomic E-state index is -0.349. The zero-order valence-electron chi connectivity index (χ0n) is 31.4. The van der Waals surface area contributed by atoms with E-state index in [-0.39, 0.29) is 36.6 Å². The molecule has 2 heterocycles. The minimum Gasteiger partial charge on any atom is -0.399 e. The van der Waals surface area contributed by atoms with Gasteiger partial charge in [0.15, 0.2) is 0 Å². The number of hydrogen-bond donors (Lipinski definition) is 0. The summed E-state index contributed by atoms with van der Waals surface area (Å²) in [4.78, 5) is 0. The van der Waals surface area contributed by atoms with E-state index in [9.17, 15) is 0 Å². The first-order chi connectivity index (χ1) is 22.2. The van der Waals surface area contributed by atoms with Crippen molar-refractivity contribution < 1.29 is 18.6 Å². The minimum absolute atomic E-state index is 0.339. The highest BCUT2D eigenvalue weighted by atomic mass is 16.7. The maximum atomic E-state index is 6.47. The fourth-order valence-corrected chi connectivity index (χ4v) is 7.51. The van der Waals surface area contributed by atoms with Crippen molar-refractivity contribution in [2.24, 2.45) is 5.92 Å². The van der Waals surface area contributed by atoms with Crippen LogP contribution in [0.5, 0.6) is 0 Å². The third-order valence-corrected chi connectivity index (χ3v) is 12.1. The van der Waals surface area contributed by atoms with E-state index in [1.807, 2.05) is 0 Å². The van der Waals surface area contributed by atoms with Crippen molar-refractivity contribution in [2.75, 3.05) is 0 Å². The molecule has 0 aromatic heterocycles. The van der Waals surface area contributed by atoms with E-state index in [1.165, 1.54) is 106 Å². The lowest BCUT2D eigenvalue weighted by atomic mass is 9.75. The Bertz CT molecular complexity index is 1210. The number of fused-ring (bicyclic) bond motifs is 3. The number of benzene rings is 2. The lowest BCUT2D eigenvalue weighted by Gasteiger charge is -2.32. The average Bonchev–Trinajstić information content (AvgIpc) is 3.28. The van der Waals surface area contributed by atoms with Crippen LogP contribution in [0.25, 0.3) is 11.1 Å². The summed E-state index contributed by atoms with van der Waals surface area (Å²) in [7, 11) is -0.679. The molecule has 0 radical (unpaired) electrons. The van der Waals surface area contributed by atoms with Gasteiger partial charge in [0.25, 0.3) is 0 Å². The molecule has 0 unspecified atom stereocenters. The van der Waals surface area contributed by atoms with Crippen molar-refractivity contribution in [3.8, 4) is 11.1 Å². The van der Waals surface area contributed by atoms with Crippen LogP contribution in [0.3, 0.4) is 0 Å². The Morgan fingerprint density at radius 1 is 0.511 bits per heavy atom. The molecule has 0 bridgehead atoms. The molecule has 3 aliphatic rings. The average molecular weight is 643 g/mol. The van der Waals surface area contributed by atoms with Crippen LogP contribution < -0.4 is 10.9 Å². The molecule has 47 heavy (non-hydrogen) atoms. The van der Waals surface area contributed by atoms with Crippen molar-refractivity contribution in [1.29, 1.82) is 0 Å². The second-order valence-corrected chi connectivity index (χ2v) is 17.0. The highest BCUT2D eigenvalue weighted by Gasteiger charge is 2.53. The van der Waals surface area contributed by atoms with Crippen molar-refractivity contribution in [2.45, 2.75) is 181 Å². The van der Waals surface area contributed by atoms with Gasteiger partial charge in [-0.1, -0.05) is 120 Å². The molecule has 0 saturated carbocycles. The molecule has 2 aromatic carbocycles. The molecule has 6 heteroatoms. The molecule has 2 aromatic rings. The molecule has 5 rings (SSSR count). The second kappa shape index (κ2) is 15.1. The summed E-state index contributed by atoms with van der Waals surface area (Å²) in [5.74, 6) is 0.597. The molecule has 0 N–H and O–H groups in total. The predicted octanol–water partition coefficient (Wildman–Crippen LogP) is 9.76.